The molecule has 0 atom stereocenters. The van der Waals surface area contributed by atoms with Crippen molar-refractivity contribution in [3.63, 3.8) is 0 Å². The highest BCUT2D eigenvalue weighted by Crippen LogP contribution is 2.57. The zero-order valence-electron chi connectivity index (χ0n) is 9.35. The standard InChI is InChI=1S/C13H13Cl2N/c1-12(2)6-13(7-12,8-16)11-9(14)4-3-5-10(11)15/h3-5H,6-7H2,1-2H3. The smallest absolute Gasteiger partial charge is 0.0861 e. The number of hydrogen-bond acceptors (Lipinski definition) is 1. The van der Waals surface area contributed by atoms with Gasteiger partial charge in [-0.2, -0.15) is 5.26 Å². The molecule has 1 nitrogen and oxygen atoms in total. The SMILES string of the molecule is CC1(C)CC(C#N)(c2c(Cl)cccc2Cl)C1. The van der Waals surface area contributed by atoms with E-state index in [0.29, 0.717) is 10.0 Å². The molecular weight excluding hydrogens is 241 g/mol. The molecule has 0 bridgehead atoms. The van der Waals surface area contributed by atoms with Crippen molar-refractivity contribution >= 4 is 23.2 Å². The van der Waals surface area contributed by atoms with Gasteiger partial charge in [-0.25, -0.2) is 0 Å². The van der Waals surface area contributed by atoms with Crippen molar-refractivity contribution in [2.75, 3.05) is 0 Å². The molecule has 1 aromatic carbocycles. The van der Waals surface area contributed by atoms with Gasteiger partial charge >= 0.3 is 0 Å². The first-order chi connectivity index (χ1) is 7.40. The minimum atomic E-state index is -0.487. The summed E-state index contributed by atoms with van der Waals surface area (Å²) in [7, 11) is 0. The Kier molecular flexibility index (Phi) is 2.69. The maximum Gasteiger partial charge on any atom is 0.0861 e. The fourth-order valence-electron chi connectivity index (χ4n) is 2.85. The third kappa shape index (κ3) is 1.71. The molecule has 1 saturated carbocycles. The number of nitriles is 1. The van der Waals surface area contributed by atoms with E-state index in [2.05, 4.69) is 19.9 Å². The fourth-order valence-corrected chi connectivity index (χ4v) is 3.61. The molecule has 1 aliphatic carbocycles. The van der Waals surface area contributed by atoms with Gasteiger partial charge < -0.3 is 0 Å². The third-order valence-corrected chi connectivity index (χ3v) is 3.85. The molecule has 0 radical (unpaired) electrons. The van der Waals surface area contributed by atoms with E-state index >= 15 is 0 Å². The van der Waals surface area contributed by atoms with Gasteiger partial charge in [0.25, 0.3) is 0 Å². The molecule has 84 valence electrons. The van der Waals surface area contributed by atoms with Crippen molar-refractivity contribution in [1.29, 1.82) is 5.26 Å². The molecule has 1 aliphatic rings. The summed E-state index contributed by atoms with van der Waals surface area (Å²) in [5.41, 5.74) is 0.525. The number of halogens is 2. The summed E-state index contributed by atoms with van der Waals surface area (Å²) in [6.07, 6.45) is 1.64. The van der Waals surface area contributed by atoms with Crippen LogP contribution in [-0.4, -0.2) is 0 Å². The second-order valence-corrected chi connectivity index (χ2v) is 6.12. The molecule has 16 heavy (non-hydrogen) atoms. The van der Waals surface area contributed by atoms with Crippen molar-refractivity contribution in [3.05, 3.63) is 33.8 Å². The Bertz CT molecular complexity index is 443. The lowest BCUT2D eigenvalue weighted by Crippen LogP contribution is -2.45. The molecule has 1 fully saturated rings. The summed E-state index contributed by atoms with van der Waals surface area (Å²) in [6.45, 7) is 4.32. The summed E-state index contributed by atoms with van der Waals surface area (Å²) in [6, 6.07) is 7.81. The Morgan fingerprint density at radius 3 is 2.06 bits per heavy atom. The van der Waals surface area contributed by atoms with Crippen LogP contribution >= 0.6 is 23.2 Å². The van der Waals surface area contributed by atoms with Gasteiger partial charge in [-0.1, -0.05) is 43.1 Å². The van der Waals surface area contributed by atoms with Gasteiger partial charge in [0.2, 0.25) is 0 Å². The molecule has 3 heteroatoms. The molecule has 0 spiro atoms. The number of nitrogens with zero attached hydrogens (tertiary/aromatic N) is 1. The van der Waals surface area contributed by atoms with Gasteiger partial charge in [-0.3, -0.25) is 0 Å². The molecule has 1 aromatic rings. The van der Waals surface area contributed by atoms with Crippen molar-refractivity contribution < 1.29 is 0 Å². The second-order valence-electron chi connectivity index (χ2n) is 5.31. The van der Waals surface area contributed by atoms with E-state index in [0.717, 1.165) is 18.4 Å². The molecule has 0 saturated heterocycles. The van der Waals surface area contributed by atoms with Gasteiger partial charge in [0.1, 0.15) is 0 Å². The summed E-state index contributed by atoms with van der Waals surface area (Å²) in [5, 5.41) is 10.6. The molecule has 0 amide bonds. The highest BCUT2D eigenvalue weighted by molar-refractivity contribution is 6.36. The average Bonchev–Trinajstić information content (AvgIpc) is 2.13. The normalized spacial score (nSPS) is 20.9. The van der Waals surface area contributed by atoms with E-state index in [1.54, 1.807) is 12.1 Å². The minimum Gasteiger partial charge on any atom is -0.197 e. The van der Waals surface area contributed by atoms with Crippen LogP contribution < -0.4 is 0 Å². The Morgan fingerprint density at radius 1 is 1.19 bits per heavy atom. The molecule has 0 N–H and O–H groups in total. The third-order valence-electron chi connectivity index (χ3n) is 3.22. The van der Waals surface area contributed by atoms with E-state index in [9.17, 15) is 5.26 Å². The number of benzene rings is 1. The lowest BCUT2D eigenvalue weighted by molar-refractivity contribution is 0.100. The zero-order chi connectivity index (χ0) is 12.0. The average molecular weight is 254 g/mol. The van der Waals surface area contributed by atoms with Crippen LogP contribution in [0.4, 0.5) is 0 Å². The van der Waals surface area contributed by atoms with Crippen molar-refractivity contribution in [3.8, 4) is 6.07 Å². The minimum absolute atomic E-state index is 0.207. The van der Waals surface area contributed by atoms with Crippen LogP contribution in [0.3, 0.4) is 0 Å². The Labute approximate surface area is 106 Å². The summed E-state index contributed by atoms with van der Waals surface area (Å²) < 4.78 is 0. The van der Waals surface area contributed by atoms with Crippen LogP contribution in [0.1, 0.15) is 32.3 Å². The zero-order valence-corrected chi connectivity index (χ0v) is 10.9. The van der Waals surface area contributed by atoms with E-state index in [1.165, 1.54) is 0 Å². The molecule has 0 unspecified atom stereocenters. The highest BCUT2D eigenvalue weighted by Gasteiger charge is 2.52. The van der Waals surface area contributed by atoms with Crippen LogP contribution in [0.2, 0.25) is 10.0 Å². The first-order valence-electron chi connectivity index (χ1n) is 5.26. The molecule has 0 heterocycles. The lowest BCUT2D eigenvalue weighted by atomic mass is 9.52. The predicted octanol–water partition coefficient (Wildman–Crippen LogP) is 4.57. The molecule has 0 aliphatic heterocycles. The van der Waals surface area contributed by atoms with Gasteiger partial charge in [-0.05, 0) is 30.4 Å². The molecule has 0 aromatic heterocycles. The van der Waals surface area contributed by atoms with Crippen molar-refractivity contribution in [2.45, 2.75) is 32.1 Å². The van der Waals surface area contributed by atoms with Gasteiger partial charge in [0, 0.05) is 15.6 Å². The Hall–Kier alpha value is -0.710. The van der Waals surface area contributed by atoms with Crippen LogP contribution in [0, 0.1) is 16.7 Å². The Balaban J connectivity index is 2.49. The van der Waals surface area contributed by atoms with Crippen molar-refractivity contribution in [1.82, 2.24) is 0 Å². The topological polar surface area (TPSA) is 23.8 Å². The second kappa shape index (κ2) is 3.65. The van der Waals surface area contributed by atoms with E-state index in [1.807, 2.05) is 6.07 Å². The largest absolute Gasteiger partial charge is 0.197 e. The van der Waals surface area contributed by atoms with Crippen LogP contribution in [-0.2, 0) is 5.41 Å². The molecular formula is C13H13Cl2N. The van der Waals surface area contributed by atoms with Crippen LogP contribution in [0.15, 0.2) is 18.2 Å². The Morgan fingerprint density at radius 2 is 1.69 bits per heavy atom. The number of hydrogen-bond donors (Lipinski definition) is 0. The maximum absolute atomic E-state index is 9.40. The van der Waals surface area contributed by atoms with Crippen LogP contribution in [0.5, 0.6) is 0 Å². The summed E-state index contributed by atoms with van der Waals surface area (Å²) >= 11 is 12.3. The summed E-state index contributed by atoms with van der Waals surface area (Å²) in [5.74, 6) is 0. The lowest BCUT2D eigenvalue weighted by Gasteiger charge is -2.49. The quantitative estimate of drug-likeness (QED) is 0.719. The monoisotopic (exact) mass is 253 g/mol. The predicted molar refractivity (Wildman–Crippen MR) is 66.8 cm³/mol. The first kappa shape index (κ1) is 11.8. The van der Waals surface area contributed by atoms with Gasteiger partial charge in [-0.15, -0.1) is 0 Å². The first-order valence-corrected chi connectivity index (χ1v) is 6.02. The van der Waals surface area contributed by atoms with Crippen molar-refractivity contribution in [2.24, 2.45) is 5.41 Å². The van der Waals surface area contributed by atoms with Crippen LogP contribution in [0.25, 0.3) is 0 Å². The van der Waals surface area contributed by atoms with Gasteiger partial charge in [0.15, 0.2) is 0 Å². The van der Waals surface area contributed by atoms with E-state index in [-0.39, 0.29) is 5.41 Å². The number of rotatable bonds is 1. The van der Waals surface area contributed by atoms with E-state index < -0.39 is 5.41 Å². The highest BCUT2D eigenvalue weighted by atomic mass is 35.5. The van der Waals surface area contributed by atoms with Gasteiger partial charge in [0.05, 0.1) is 11.5 Å². The fraction of sp³-hybridized carbons (Fsp3) is 0.462. The van der Waals surface area contributed by atoms with E-state index in [4.69, 9.17) is 23.2 Å². The maximum atomic E-state index is 9.40. The molecule has 2 rings (SSSR count). The summed E-state index contributed by atoms with van der Waals surface area (Å²) in [4.78, 5) is 0.